The van der Waals surface area contributed by atoms with Gasteiger partial charge < -0.3 is 35.1 Å². The number of phenols is 1. The van der Waals surface area contributed by atoms with E-state index in [1.165, 1.54) is 55.0 Å². The predicted molar refractivity (Wildman–Crippen MR) is 178 cm³/mol. The van der Waals surface area contributed by atoms with Crippen LogP contribution in [0.2, 0.25) is 0 Å². The van der Waals surface area contributed by atoms with E-state index in [1.807, 2.05) is 11.0 Å². The number of aromatic nitrogens is 1. The SMILES string of the molecule is Cc1cc(C(=O)N2CCOC3(CCN(CCCCCCCCCNC[C@H](O)c4ccc(O)c5[nH]c(=O)sc45)CC3)C2)sc1C. The van der Waals surface area contributed by atoms with Crippen LogP contribution < -0.4 is 10.2 Å². The molecule has 9 nitrogen and oxygen atoms in total. The Morgan fingerprint density at radius 2 is 1.80 bits per heavy atom. The topological polar surface area (TPSA) is 118 Å². The summed E-state index contributed by atoms with van der Waals surface area (Å²) in [6.45, 7) is 10.7. The van der Waals surface area contributed by atoms with E-state index in [9.17, 15) is 19.8 Å². The normalized spacial score (nSPS) is 17.9. The van der Waals surface area contributed by atoms with Gasteiger partial charge in [-0.1, -0.05) is 49.5 Å². The molecular weight excluding hydrogens is 597 g/mol. The number of H-pyrrole nitrogens is 1. The predicted octanol–water partition coefficient (Wildman–Crippen LogP) is 5.33. The van der Waals surface area contributed by atoms with Gasteiger partial charge in [0.25, 0.3) is 5.91 Å². The van der Waals surface area contributed by atoms with E-state index in [0.29, 0.717) is 42.0 Å². The first-order valence-corrected chi connectivity index (χ1v) is 17.8. The van der Waals surface area contributed by atoms with Crippen LogP contribution in [0.3, 0.4) is 0 Å². The molecule has 2 saturated heterocycles. The van der Waals surface area contributed by atoms with Crippen molar-refractivity contribution in [2.75, 3.05) is 52.4 Å². The zero-order valence-electron chi connectivity index (χ0n) is 26.2. The molecule has 0 bridgehead atoms. The highest BCUT2D eigenvalue weighted by Gasteiger charge is 2.41. The van der Waals surface area contributed by atoms with Gasteiger partial charge in [-0.3, -0.25) is 9.59 Å². The number of carbonyl (C=O) groups is 1. The number of aliphatic hydroxyl groups excluding tert-OH is 1. The number of aliphatic hydroxyl groups is 1. The van der Waals surface area contributed by atoms with Crippen molar-refractivity contribution < 1.29 is 19.7 Å². The zero-order chi connectivity index (χ0) is 31.1. The first-order valence-electron chi connectivity index (χ1n) is 16.2. The molecule has 44 heavy (non-hydrogen) atoms. The van der Waals surface area contributed by atoms with Gasteiger partial charge in [0.15, 0.2) is 0 Å². The number of fused-ring (bicyclic) bond motifs is 1. The molecule has 1 aromatic carbocycles. The molecule has 2 aliphatic rings. The summed E-state index contributed by atoms with van der Waals surface area (Å²) in [4.78, 5) is 33.9. The van der Waals surface area contributed by atoms with E-state index in [0.717, 1.165) is 61.7 Å². The van der Waals surface area contributed by atoms with Crippen LogP contribution in [0.15, 0.2) is 23.0 Å². The van der Waals surface area contributed by atoms with Crippen LogP contribution >= 0.6 is 22.7 Å². The quantitative estimate of drug-likeness (QED) is 0.175. The number of piperidine rings is 1. The number of nitrogens with zero attached hydrogens (tertiary/aromatic N) is 2. The number of rotatable bonds is 14. The van der Waals surface area contributed by atoms with Crippen molar-refractivity contribution in [1.29, 1.82) is 0 Å². The van der Waals surface area contributed by atoms with Crippen molar-refractivity contribution in [1.82, 2.24) is 20.1 Å². The van der Waals surface area contributed by atoms with Gasteiger partial charge in [0.05, 0.1) is 34.4 Å². The van der Waals surface area contributed by atoms with Crippen LogP contribution in [0.25, 0.3) is 10.2 Å². The third-order valence-electron chi connectivity index (χ3n) is 9.29. The smallest absolute Gasteiger partial charge is 0.305 e. The highest BCUT2D eigenvalue weighted by molar-refractivity contribution is 7.16. The Morgan fingerprint density at radius 3 is 2.52 bits per heavy atom. The molecule has 4 heterocycles. The molecule has 3 aromatic rings. The van der Waals surface area contributed by atoms with Crippen LogP contribution in [-0.2, 0) is 4.74 Å². The molecule has 5 rings (SSSR count). The lowest BCUT2D eigenvalue weighted by Crippen LogP contribution is -2.58. The lowest BCUT2D eigenvalue weighted by molar-refractivity contribution is -0.127. The van der Waals surface area contributed by atoms with Crippen LogP contribution in [-0.4, -0.2) is 88.9 Å². The van der Waals surface area contributed by atoms with E-state index in [2.05, 4.69) is 29.0 Å². The van der Waals surface area contributed by atoms with E-state index >= 15 is 0 Å². The number of thiophene rings is 1. The second-order valence-corrected chi connectivity index (χ2v) is 14.8. The number of phenolic OH excluding ortho intramolecular Hbond substituents is 1. The van der Waals surface area contributed by atoms with Crippen molar-refractivity contribution in [2.45, 2.75) is 83.3 Å². The summed E-state index contributed by atoms with van der Waals surface area (Å²) in [6.07, 6.45) is 9.75. The molecule has 4 N–H and O–H groups in total. The molecule has 2 aromatic heterocycles. The largest absolute Gasteiger partial charge is 0.506 e. The van der Waals surface area contributed by atoms with Crippen molar-refractivity contribution >= 4 is 38.8 Å². The number of aromatic hydroxyl groups is 1. The maximum Gasteiger partial charge on any atom is 0.305 e. The van der Waals surface area contributed by atoms with Gasteiger partial charge in [-0.2, -0.15) is 0 Å². The number of unbranched alkanes of at least 4 members (excludes halogenated alkanes) is 6. The summed E-state index contributed by atoms with van der Waals surface area (Å²) in [5.74, 6) is 0.190. The lowest BCUT2D eigenvalue weighted by atomic mass is 9.89. The molecule has 0 unspecified atom stereocenters. The maximum absolute atomic E-state index is 13.1. The van der Waals surface area contributed by atoms with Crippen LogP contribution in [0.5, 0.6) is 5.75 Å². The number of carbonyl (C=O) groups excluding carboxylic acids is 1. The Morgan fingerprint density at radius 1 is 1.07 bits per heavy atom. The lowest BCUT2D eigenvalue weighted by Gasteiger charge is -2.47. The summed E-state index contributed by atoms with van der Waals surface area (Å²) < 4.78 is 6.92. The minimum absolute atomic E-state index is 0.0264. The van der Waals surface area contributed by atoms with Gasteiger partial charge >= 0.3 is 4.87 Å². The fourth-order valence-electron chi connectivity index (χ4n) is 6.46. The molecule has 1 atom stereocenters. The summed E-state index contributed by atoms with van der Waals surface area (Å²) in [6, 6.07) is 5.24. The van der Waals surface area contributed by atoms with Gasteiger partial charge in [-0.05, 0) is 70.3 Å². The molecule has 2 fully saturated rings. The van der Waals surface area contributed by atoms with E-state index in [1.54, 1.807) is 17.4 Å². The van der Waals surface area contributed by atoms with Gasteiger partial charge in [0.2, 0.25) is 0 Å². The average molecular weight is 645 g/mol. The average Bonchev–Trinajstić information content (AvgIpc) is 3.58. The van der Waals surface area contributed by atoms with Gasteiger partial charge in [0.1, 0.15) is 11.3 Å². The standard InChI is InChI=1S/C33H48N4O5S2/c1-23-20-28(43-24(23)2)31(40)37-18-19-42-33(22-37)12-16-36(17-13-33)15-9-7-5-3-4-6-8-14-34-21-27(39)25-10-11-26(38)29-30(25)44-32(41)35-29/h10-11,20,27,34,38-39H,3-9,12-19,21-22H2,1-2H3,(H,35,41)/t27-/m0/s1. The molecule has 11 heteroatoms. The first-order chi connectivity index (χ1) is 21.2. The van der Waals surface area contributed by atoms with Crippen molar-refractivity contribution in [3.63, 3.8) is 0 Å². The van der Waals surface area contributed by atoms with Crippen molar-refractivity contribution in [3.05, 3.63) is 48.7 Å². The number of morpholine rings is 1. The zero-order valence-corrected chi connectivity index (χ0v) is 27.8. The summed E-state index contributed by atoms with van der Waals surface area (Å²) in [7, 11) is 0. The molecule has 0 aliphatic carbocycles. The van der Waals surface area contributed by atoms with Crippen LogP contribution in [0, 0.1) is 13.8 Å². The van der Waals surface area contributed by atoms with Gasteiger partial charge in [-0.15, -0.1) is 11.3 Å². The summed E-state index contributed by atoms with van der Waals surface area (Å²) in [5, 5.41) is 23.9. The number of thiazole rings is 1. The van der Waals surface area contributed by atoms with Crippen LogP contribution in [0.4, 0.5) is 0 Å². The van der Waals surface area contributed by atoms with E-state index in [-0.39, 0.29) is 22.1 Å². The van der Waals surface area contributed by atoms with Crippen molar-refractivity contribution in [2.24, 2.45) is 0 Å². The fraction of sp³-hybridized carbons (Fsp3) is 0.636. The summed E-state index contributed by atoms with van der Waals surface area (Å²) >= 11 is 2.62. The maximum atomic E-state index is 13.1. The minimum atomic E-state index is -0.728. The highest BCUT2D eigenvalue weighted by atomic mass is 32.1. The number of benzene rings is 1. The highest BCUT2D eigenvalue weighted by Crippen LogP contribution is 2.33. The number of hydrogen-bond acceptors (Lipinski definition) is 9. The Kier molecular flexibility index (Phi) is 11.5. The van der Waals surface area contributed by atoms with E-state index in [4.69, 9.17) is 4.74 Å². The number of aryl methyl sites for hydroxylation is 2. The second kappa shape index (κ2) is 15.3. The molecule has 2 aliphatic heterocycles. The number of likely N-dealkylation sites (tertiary alicyclic amines) is 1. The Labute approximate surface area is 268 Å². The van der Waals surface area contributed by atoms with Gasteiger partial charge in [0, 0.05) is 36.6 Å². The minimum Gasteiger partial charge on any atom is -0.506 e. The Hall–Kier alpha value is -2.28. The Balaban J connectivity index is 0.889. The fourth-order valence-corrected chi connectivity index (χ4v) is 8.38. The third-order valence-corrected chi connectivity index (χ3v) is 11.4. The molecule has 1 amide bonds. The molecule has 0 radical (unpaired) electrons. The Bertz CT molecular complexity index is 1420. The first kappa shape index (κ1) is 33.1. The molecule has 242 valence electrons. The molecular formula is C33H48N4O5S2. The molecule has 1 spiro atoms. The molecule has 0 saturated carbocycles. The number of nitrogens with one attached hydrogen (secondary N) is 2. The number of amides is 1. The number of aromatic amines is 1. The van der Waals surface area contributed by atoms with Gasteiger partial charge in [-0.25, -0.2) is 0 Å². The monoisotopic (exact) mass is 644 g/mol. The number of hydrogen-bond donors (Lipinski definition) is 4. The van der Waals surface area contributed by atoms with Crippen molar-refractivity contribution in [3.8, 4) is 5.75 Å². The third kappa shape index (κ3) is 8.30. The van der Waals surface area contributed by atoms with Crippen LogP contribution in [0.1, 0.15) is 89.6 Å². The number of ether oxygens (including phenoxy) is 1. The summed E-state index contributed by atoms with van der Waals surface area (Å²) in [5.41, 5.74) is 2.08. The second-order valence-electron chi connectivity index (χ2n) is 12.5. The van der Waals surface area contributed by atoms with E-state index < -0.39 is 6.10 Å².